The molecule has 1 saturated carbocycles. The first kappa shape index (κ1) is 13.0. The highest BCUT2D eigenvalue weighted by Gasteiger charge is 2.30. The zero-order valence-corrected chi connectivity index (χ0v) is 10.1. The number of carbonyl (C=O) groups excluding carboxylic acids is 1. The molecule has 0 aromatic heterocycles. The molecule has 0 radical (unpaired) electrons. The molecule has 1 rings (SSSR count). The number of carbonyl (C=O) groups is 1. The monoisotopic (exact) mass is 224 g/mol. The fourth-order valence-corrected chi connectivity index (χ4v) is 1.77. The van der Waals surface area contributed by atoms with Crippen LogP contribution in [0, 0.1) is 17.2 Å². The van der Waals surface area contributed by atoms with Crippen molar-refractivity contribution in [2.45, 2.75) is 39.2 Å². The van der Waals surface area contributed by atoms with E-state index in [1.165, 1.54) is 12.8 Å². The summed E-state index contributed by atoms with van der Waals surface area (Å²) in [7, 11) is 0. The number of nitriles is 1. The van der Waals surface area contributed by atoms with Gasteiger partial charge in [0.05, 0.1) is 18.6 Å². The normalized spacial score (nSPS) is 16.9. The van der Waals surface area contributed by atoms with Crippen molar-refractivity contribution in [1.29, 1.82) is 5.26 Å². The van der Waals surface area contributed by atoms with Gasteiger partial charge in [-0.15, -0.1) is 0 Å². The van der Waals surface area contributed by atoms with Crippen LogP contribution in [-0.2, 0) is 9.53 Å². The summed E-state index contributed by atoms with van der Waals surface area (Å²) in [5.74, 6) is -0.232. The Kier molecular flexibility index (Phi) is 5.27. The molecule has 1 unspecified atom stereocenters. The van der Waals surface area contributed by atoms with Gasteiger partial charge in [0.15, 0.2) is 0 Å². The van der Waals surface area contributed by atoms with Crippen molar-refractivity contribution < 1.29 is 9.53 Å². The lowest BCUT2D eigenvalue weighted by atomic mass is 10.1. The Bertz CT molecular complexity index is 269. The average molecular weight is 224 g/mol. The van der Waals surface area contributed by atoms with E-state index in [2.05, 4.69) is 11.0 Å². The highest BCUT2D eigenvalue weighted by molar-refractivity contribution is 5.72. The van der Waals surface area contributed by atoms with Crippen LogP contribution in [0.15, 0.2) is 0 Å². The minimum atomic E-state index is -0.134. The van der Waals surface area contributed by atoms with Gasteiger partial charge in [-0.25, -0.2) is 0 Å². The standard InChI is InChI=1S/C12H20N2O2/c1-3-16-12(15)10(2)9-14(8-4-7-13)11-5-6-11/h10-11H,3-6,8-9H2,1-2H3. The third kappa shape index (κ3) is 4.19. The molecule has 0 aromatic rings. The van der Waals surface area contributed by atoms with Crippen LogP contribution in [0.25, 0.3) is 0 Å². The lowest BCUT2D eigenvalue weighted by molar-refractivity contribution is -0.148. The van der Waals surface area contributed by atoms with Gasteiger partial charge in [-0.05, 0) is 19.8 Å². The van der Waals surface area contributed by atoms with E-state index in [1.807, 2.05) is 13.8 Å². The van der Waals surface area contributed by atoms with Crippen LogP contribution < -0.4 is 0 Å². The quantitative estimate of drug-likeness (QED) is 0.616. The zero-order chi connectivity index (χ0) is 12.0. The van der Waals surface area contributed by atoms with Crippen LogP contribution in [0.1, 0.15) is 33.1 Å². The van der Waals surface area contributed by atoms with Crippen molar-refractivity contribution in [3.05, 3.63) is 0 Å². The van der Waals surface area contributed by atoms with Gasteiger partial charge < -0.3 is 4.74 Å². The highest BCUT2D eigenvalue weighted by atomic mass is 16.5. The number of rotatable bonds is 7. The molecule has 0 amide bonds. The predicted molar refractivity (Wildman–Crippen MR) is 60.6 cm³/mol. The third-order valence-corrected chi connectivity index (χ3v) is 2.77. The lowest BCUT2D eigenvalue weighted by Gasteiger charge is -2.23. The van der Waals surface area contributed by atoms with Gasteiger partial charge in [-0.1, -0.05) is 6.92 Å². The van der Waals surface area contributed by atoms with Crippen LogP contribution in [-0.4, -0.2) is 36.6 Å². The lowest BCUT2D eigenvalue weighted by Crippen LogP contribution is -2.35. The van der Waals surface area contributed by atoms with Crippen molar-refractivity contribution in [2.75, 3.05) is 19.7 Å². The summed E-state index contributed by atoms with van der Waals surface area (Å²) in [4.78, 5) is 13.7. The van der Waals surface area contributed by atoms with E-state index in [4.69, 9.17) is 10.00 Å². The van der Waals surface area contributed by atoms with Crippen molar-refractivity contribution >= 4 is 5.97 Å². The first-order valence-corrected chi connectivity index (χ1v) is 5.96. The van der Waals surface area contributed by atoms with Gasteiger partial charge in [-0.2, -0.15) is 5.26 Å². The van der Waals surface area contributed by atoms with E-state index in [1.54, 1.807) is 0 Å². The van der Waals surface area contributed by atoms with Gasteiger partial charge in [0.25, 0.3) is 0 Å². The molecule has 4 heteroatoms. The fraction of sp³-hybridized carbons (Fsp3) is 0.833. The molecule has 1 aliphatic carbocycles. The Hall–Kier alpha value is -1.08. The fourth-order valence-electron chi connectivity index (χ4n) is 1.77. The van der Waals surface area contributed by atoms with Gasteiger partial charge in [0.1, 0.15) is 0 Å². The Balaban J connectivity index is 2.35. The second-order valence-corrected chi connectivity index (χ2v) is 4.29. The molecule has 0 bridgehead atoms. The maximum atomic E-state index is 11.5. The molecule has 1 aliphatic rings. The van der Waals surface area contributed by atoms with Crippen LogP contribution in [0.3, 0.4) is 0 Å². The topological polar surface area (TPSA) is 53.3 Å². The Morgan fingerprint density at radius 1 is 1.62 bits per heavy atom. The number of hydrogen-bond donors (Lipinski definition) is 0. The molecular weight excluding hydrogens is 204 g/mol. The van der Waals surface area contributed by atoms with Crippen molar-refractivity contribution in [3.8, 4) is 6.07 Å². The van der Waals surface area contributed by atoms with Gasteiger partial charge in [0.2, 0.25) is 0 Å². The molecule has 0 aromatic carbocycles. The molecule has 0 N–H and O–H groups in total. The number of hydrogen-bond acceptors (Lipinski definition) is 4. The third-order valence-electron chi connectivity index (χ3n) is 2.77. The Labute approximate surface area is 97.2 Å². The SMILES string of the molecule is CCOC(=O)C(C)CN(CCC#N)C1CC1. The number of esters is 1. The molecule has 0 heterocycles. The maximum Gasteiger partial charge on any atom is 0.309 e. The molecule has 4 nitrogen and oxygen atoms in total. The predicted octanol–water partition coefficient (Wildman–Crippen LogP) is 1.56. The van der Waals surface area contributed by atoms with Crippen LogP contribution >= 0.6 is 0 Å². The number of nitrogens with zero attached hydrogens (tertiary/aromatic N) is 2. The average Bonchev–Trinajstić information content (AvgIpc) is 3.08. The Morgan fingerprint density at radius 2 is 2.31 bits per heavy atom. The molecule has 90 valence electrons. The maximum absolute atomic E-state index is 11.5. The highest BCUT2D eigenvalue weighted by Crippen LogP contribution is 2.27. The summed E-state index contributed by atoms with van der Waals surface area (Å²) < 4.78 is 4.98. The second kappa shape index (κ2) is 6.49. The van der Waals surface area contributed by atoms with Gasteiger partial charge in [0, 0.05) is 25.6 Å². The summed E-state index contributed by atoms with van der Waals surface area (Å²) in [6.07, 6.45) is 2.92. The first-order chi connectivity index (χ1) is 7.69. The van der Waals surface area contributed by atoms with Crippen LogP contribution in [0.4, 0.5) is 0 Å². The molecule has 16 heavy (non-hydrogen) atoms. The molecule has 0 spiro atoms. The molecule has 0 aliphatic heterocycles. The zero-order valence-electron chi connectivity index (χ0n) is 10.1. The van der Waals surface area contributed by atoms with E-state index in [0.717, 1.165) is 6.54 Å². The van der Waals surface area contributed by atoms with E-state index < -0.39 is 0 Å². The van der Waals surface area contributed by atoms with E-state index >= 15 is 0 Å². The van der Waals surface area contributed by atoms with Gasteiger partial charge >= 0.3 is 5.97 Å². The van der Waals surface area contributed by atoms with Crippen LogP contribution in [0.5, 0.6) is 0 Å². The largest absolute Gasteiger partial charge is 0.466 e. The van der Waals surface area contributed by atoms with E-state index in [9.17, 15) is 4.79 Å². The minimum Gasteiger partial charge on any atom is -0.466 e. The van der Waals surface area contributed by atoms with Crippen molar-refractivity contribution in [1.82, 2.24) is 4.90 Å². The summed E-state index contributed by atoms with van der Waals surface area (Å²) >= 11 is 0. The van der Waals surface area contributed by atoms with Crippen molar-refractivity contribution in [2.24, 2.45) is 5.92 Å². The van der Waals surface area contributed by atoms with Crippen LogP contribution in [0.2, 0.25) is 0 Å². The molecule has 1 fully saturated rings. The van der Waals surface area contributed by atoms with Crippen molar-refractivity contribution in [3.63, 3.8) is 0 Å². The summed E-state index contributed by atoms with van der Waals surface area (Å²) in [6, 6.07) is 2.74. The summed E-state index contributed by atoms with van der Waals surface area (Å²) in [6.45, 7) is 5.62. The number of ether oxygens (including phenoxy) is 1. The molecule has 1 atom stereocenters. The smallest absolute Gasteiger partial charge is 0.309 e. The molecular formula is C12H20N2O2. The Morgan fingerprint density at radius 3 is 2.81 bits per heavy atom. The summed E-state index contributed by atoms with van der Waals surface area (Å²) in [5, 5.41) is 8.58. The van der Waals surface area contributed by atoms with E-state index in [-0.39, 0.29) is 11.9 Å². The van der Waals surface area contributed by atoms with Gasteiger partial charge in [-0.3, -0.25) is 9.69 Å². The van der Waals surface area contributed by atoms with E-state index in [0.29, 0.717) is 25.6 Å². The molecule has 0 saturated heterocycles. The first-order valence-electron chi connectivity index (χ1n) is 5.96. The minimum absolute atomic E-state index is 0.0979. The second-order valence-electron chi connectivity index (χ2n) is 4.29. The summed E-state index contributed by atoms with van der Waals surface area (Å²) in [5.41, 5.74) is 0.